The maximum absolute atomic E-state index is 12.4. The highest BCUT2D eigenvalue weighted by Crippen LogP contribution is 2.25. The predicted molar refractivity (Wildman–Crippen MR) is 137 cm³/mol. The first-order valence-corrected chi connectivity index (χ1v) is 11.9. The molecule has 0 radical (unpaired) electrons. The summed E-state index contributed by atoms with van der Waals surface area (Å²) in [6, 6.07) is 26.5. The Kier molecular flexibility index (Phi) is 6.94. The van der Waals surface area contributed by atoms with E-state index in [1.54, 1.807) is 6.21 Å². The van der Waals surface area contributed by atoms with Crippen molar-refractivity contribution in [2.24, 2.45) is 5.10 Å². The molecule has 168 valence electrons. The molecule has 0 aliphatic carbocycles. The van der Waals surface area contributed by atoms with Gasteiger partial charge < -0.3 is 4.57 Å². The average molecular weight is 457 g/mol. The summed E-state index contributed by atoms with van der Waals surface area (Å²) in [5.74, 6) is 0.0687. The van der Waals surface area contributed by atoms with E-state index in [2.05, 4.69) is 66.2 Å². The number of hydrogen-bond donors (Lipinski definition) is 1. The molecule has 1 heterocycles. The third-order valence-corrected chi connectivity index (χ3v) is 6.29. The number of fused-ring (bicyclic) bond motifs is 1. The Bertz CT molecular complexity index is 1260. The number of nitrogens with zero attached hydrogens (tertiary/aromatic N) is 3. The zero-order valence-electron chi connectivity index (χ0n) is 19.2. The number of hydrazone groups is 1. The van der Waals surface area contributed by atoms with Crippen LogP contribution in [-0.4, -0.2) is 27.4 Å². The number of imidazole rings is 1. The summed E-state index contributed by atoms with van der Waals surface area (Å²) in [6.45, 7) is 7.25. The Morgan fingerprint density at radius 2 is 1.70 bits per heavy atom. The van der Waals surface area contributed by atoms with Crippen LogP contribution in [0.4, 0.5) is 0 Å². The largest absolute Gasteiger partial charge is 0.314 e. The first kappa shape index (κ1) is 22.8. The summed E-state index contributed by atoms with van der Waals surface area (Å²) in [6.07, 6.45) is 1.67. The molecule has 33 heavy (non-hydrogen) atoms. The molecular weight excluding hydrogens is 428 g/mol. The second kappa shape index (κ2) is 10.0. The molecule has 0 bridgehead atoms. The molecule has 0 saturated heterocycles. The molecule has 6 heteroatoms. The van der Waals surface area contributed by atoms with Crippen molar-refractivity contribution >= 4 is 34.9 Å². The Morgan fingerprint density at radius 1 is 1.00 bits per heavy atom. The molecule has 0 atom stereocenters. The SMILES string of the molecule is CC(C)(C)c1ccc(/C=N\NC(=O)CSc2nc3ccccc3n2Cc2ccccc2)cc1. The molecule has 0 spiro atoms. The number of para-hydroxylation sites is 2. The molecule has 1 aromatic heterocycles. The summed E-state index contributed by atoms with van der Waals surface area (Å²) < 4.78 is 2.16. The molecule has 1 amide bonds. The maximum atomic E-state index is 12.4. The van der Waals surface area contributed by atoms with Gasteiger partial charge in [0.05, 0.1) is 29.5 Å². The predicted octanol–water partition coefficient (Wildman–Crippen LogP) is 5.62. The topological polar surface area (TPSA) is 59.3 Å². The van der Waals surface area contributed by atoms with Gasteiger partial charge in [0.25, 0.3) is 5.91 Å². The lowest BCUT2D eigenvalue weighted by Crippen LogP contribution is -2.20. The summed E-state index contributed by atoms with van der Waals surface area (Å²) in [5, 5.41) is 4.93. The van der Waals surface area contributed by atoms with Gasteiger partial charge >= 0.3 is 0 Å². The second-order valence-corrected chi connectivity index (χ2v) is 9.85. The summed E-state index contributed by atoms with van der Waals surface area (Å²) >= 11 is 1.42. The van der Waals surface area contributed by atoms with Crippen molar-refractivity contribution in [2.45, 2.75) is 37.9 Å². The van der Waals surface area contributed by atoms with E-state index in [1.807, 2.05) is 48.5 Å². The van der Waals surface area contributed by atoms with Crippen LogP contribution in [0.1, 0.15) is 37.5 Å². The van der Waals surface area contributed by atoms with Gasteiger partial charge in [-0.1, -0.05) is 99.3 Å². The van der Waals surface area contributed by atoms with Gasteiger partial charge in [0, 0.05) is 0 Å². The molecule has 0 aliphatic rings. The number of benzene rings is 3. The van der Waals surface area contributed by atoms with Crippen LogP contribution in [0.3, 0.4) is 0 Å². The van der Waals surface area contributed by atoms with E-state index in [0.717, 1.165) is 21.8 Å². The van der Waals surface area contributed by atoms with Gasteiger partial charge in [0.1, 0.15) is 0 Å². The second-order valence-electron chi connectivity index (χ2n) is 8.91. The van der Waals surface area contributed by atoms with Crippen LogP contribution in [-0.2, 0) is 16.8 Å². The van der Waals surface area contributed by atoms with Crippen LogP contribution in [0.5, 0.6) is 0 Å². The van der Waals surface area contributed by atoms with Crippen molar-refractivity contribution in [3.05, 3.63) is 95.6 Å². The lowest BCUT2D eigenvalue weighted by atomic mass is 9.87. The molecule has 0 fully saturated rings. The molecule has 1 N–H and O–H groups in total. The standard InChI is InChI=1S/C27H28N4OS/c1-27(2,3)22-15-13-20(14-16-22)17-28-30-25(32)19-33-26-29-23-11-7-8-12-24(23)31(26)18-21-9-5-4-6-10-21/h4-17H,18-19H2,1-3H3,(H,30,32)/b28-17-. The molecule has 5 nitrogen and oxygen atoms in total. The molecule has 0 saturated carbocycles. The molecule has 0 aliphatic heterocycles. The van der Waals surface area contributed by atoms with Gasteiger partial charge in [0.2, 0.25) is 0 Å². The summed E-state index contributed by atoms with van der Waals surface area (Å²) in [4.78, 5) is 17.1. The monoisotopic (exact) mass is 456 g/mol. The van der Waals surface area contributed by atoms with E-state index >= 15 is 0 Å². The number of hydrogen-bond acceptors (Lipinski definition) is 4. The van der Waals surface area contributed by atoms with Gasteiger partial charge in [-0.2, -0.15) is 5.10 Å². The highest BCUT2D eigenvalue weighted by atomic mass is 32.2. The number of nitrogens with one attached hydrogen (secondary N) is 1. The Labute approximate surface area is 198 Å². The lowest BCUT2D eigenvalue weighted by molar-refractivity contribution is -0.118. The highest BCUT2D eigenvalue weighted by Gasteiger charge is 2.14. The van der Waals surface area contributed by atoms with Crippen LogP contribution in [0, 0.1) is 0 Å². The number of thioether (sulfide) groups is 1. The van der Waals surface area contributed by atoms with E-state index in [0.29, 0.717) is 6.54 Å². The van der Waals surface area contributed by atoms with Crippen molar-refractivity contribution in [1.29, 1.82) is 0 Å². The van der Waals surface area contributed by atoms with Crippen molar-refractivity contribution in [2.75, 3.05) is 5.75 Å². The van der Waals surface area contributed by atoms with Gasteiger partial charge in [-0.15, -0.1) is 0 Å². The minimum Gasteiger partial charge on any atom is -0.314 e. The van der Waals surface area contributed by atoms with Gasteiger partial charge in [-0.05, 0) is 34.2 Å². The molecule has 4 rings (SSSR count). The quantitative estimate of drug-likeness (QED) is 0.223. The molecule has 0 unspecified atom stereocenters. The smallest absolute Gasteiger partial charge is 0.250 e. The fourth-order valence-electron chi connectivity index (χ4n) is 3.49. The fraction of sp³-hybridized carbons (Fsp3) is 0.222. The van der Waals surface area contributed by atoms with Crippen LogP contribution >= 0.6 is 11.8 Å². The Hall–Kier alpha value is -3.38. The van der Waals surface area contributed by atoms with Crippen molar-refractivity contribution in [3.8, 4) is 0 Å². The van der Waals surface area contributed by atoms with E-state index in [1.165, 1.54) is 22.9 Å². The van der Waals surface area contributed by atoms with Crippen LogP contribution in [0.2, 0.25) is 0 Å². The number of rotatable bonds is 7. The van der Waals surface area contributed by atoms with Crippen molar-refractivity contribution in [3.63, 3.8) is 0 Å². The summed E-state index contributed by atoms with van der Waals surface area (Å²) in [5.41, 5.74) is 8.11. The van der Waals surface area contributed by atoms with Gasteiger partial charge in [-0.3, -0.25) is 4.79 Å². The Balaban J connectivity index is 1.39. The zero-order valence-corrected chi connectivity index (χ0v) is 20.0. The maximum Gasteiger partial charge on any atom is 0.250 e. The van der Waals surface area contributed by atoms with E-state index in [9.17, 15) is 4.79 Å². The first-order chi connectivity index (χ1) is 15.9. The zero-order chi connectivity index (χ0) is 23.3. The van der Waals surface area contributed by atoms with Crippen LogP contribution in [0.15, 0.2) is 89.1 Å². The molecule has 3 aromatic carbocycles. The molecular formula is C27H28N4OS. The van der Waals surface area contributed by atoms with Crippen LogP contribution < -0.4 is 5.43 Å². The third-order valence-electron chi connectivity index (χ3n) is 5.31. The highest BCUT2D eigenvalue weighted by molar-refractivity contribution is 7.99. The number of amides is 1. The van der Waals surface area contributed by atoms with Crippen molar-refractivity contribution in [1.82, 2.24) is 15.0 Å². The van der Waals surface area contributed by atoms with E-state index < -0.39 is 0 Å². The number of carbonyl (C=O) groups excluding carboxylic acids is 1. The lowest BCUT2D eigenvalue weighted by Gasteiger charge is -2.18. The Morgan fingerprint density at radius 3 is 2.42 bits per heavy atom. The minimum atomic E-state index is -0.166. The first-order valence-electron chi connectivity index (χ1n) is 10.9. The average Bonchev–Trinajstić information content (AvgIpc) is 3.15. The minimum absolute atomic E-state index is 0.109. The van der Waals surface area contributed by atoms with Crippen molar-refractivity contribution < 1.29 is 4.79 Å². The van der Waals surface area contributed by atoms with E-state index in [-0.39, 0.29) is 17.1 Å². The molecule has 4 aromatic rings. The fourth-order valence-corrected chi connectivity index (χ4v) is 4.30. The van der Waals surface area contributed by atoms with Gasteiger partial charge in [0.15, 0.2) is 5.16 Å². The summed E-state index contributed by atoms with van der Waals surface area (Å²) in [7, 11) is 0. The normalized spacial score (nSPS) is 11.8. The van der Waals surface area contributed by atoms with Gasteiger partial charge in [-0.25, -0.2) is 10.4 Å². The number of aromatic nitrogens is 2. The van der Waals surface area contributed by atoms with Crippen LogP contribution in [0.25, 0.3) is 11.0 Å². The van der Waals surface area contributed by atoms with E-state index in [4.69, 9.17) is 4.98 Å². The number of carbonyl (C=O) groups is 1. The third kappa shape index (κ3) is 5.90.